The largest absolute Gasteiger partial charge is 0.385 e. The molecule has 0 aliphatic heterocycles. The lowest BCUT2D eigenvalue weighted by molar-refractivity contribution is 0.197. The molecule has 0 amide bonds. The molecule has 0 aromatic heterocycles. The van der Waals surface area contributed by atoms with Gasteiger partial charge in [0.25, 0.3) is 0 Å². The molecule has 0 atom stereocenters. The van der Waals surface area contributed by atoms with Crippen LogP contribution in [0.25, 0.3) is 0 Å². The number of aliphatic imine (C=N–C) groups is 1. The first-order chi connectivity index (χ1) is 10.3. The molecule has 21 heavy (non-hydrogen) atoms. The van der Waals surface area contributed by atoms with Gasteiger partial charge in [0.2, 0.25) is 0 Å². The molecule has 4 heteroatoms. The minimum Gasteiger partial charge on any atom is -0.385 e. The lowest BCUT2D eigenvalue weighted by Crippen LogP contribution is -2.38. The summed E-state index contributed by atoms with van der Waals surface area (Å²) >= 11 is 0. The van der Waals surface area contributed by atoms with E-state index in [0.717, 1.165) is 51.5 Å². The lowest BCUT2D eigenvalue weighted by atomic mass is 10.1. The van der Waals surface area contributed by atoms with E-state index in [2.05, 4.69) is 53.7 Å². The predicted molar refractivity (Wildman–Crippen MR) is 90.0 cm³/mol. The normalized spacial score (nSPS) is 11.5. The molecule has 1 aromatic carbocycles. The van der Waals surface area contributed by atoms with Crippen molar-refractivity contribution >= 4 is 5.96 Å². The fraction of sp³-hybridized carbons (Fsp3) is 0.588. The second-order valence-electron chi connectivity index (χ2n) is 4.95. The van der Waals surface area contributed by atoms with Gasteiger partial charge in [-0.3, -0.25) is 4.99 Å². The highest BCUT2D eigenvalue weighted by Gasteiger charge is 1.98. The van der Waals surface area contributed by atoms with Crippen molar-refractivity contribution in [1.82, 2.24) is 10.6 Å². The highest BCUT2D eigenvalue weighted by molar-refractivity contribution is 5.79. The molecule has 118 valence electrons. The lowest BCUT2D eigenvalue weighted by Gasteiger charge is -2.11. The molecular formula is C17H29N3O. The van der Waals surface area contributed by atoms with Crippen LogP contribution in [0, 0.1) is 0 Å². The number of ether oxygens (including phenoxy) is 1. The smallest absolute Gasteiger partial charge is 0.191 e. The molecule has 1 aromatic rings. The minimum atomic E-state index is 0.757. The van der Waals surface area contributed by atoms with Crippen molar-refractivity contribution < 1.29 is 4.74 Å². The third-order valence-electron chi connectivity index (χ3n) is 3.26. The standard InChI is InChI=1S/C17H29N3O/c1-4-15-7-9-16(10-8-15)11-13-20-17(18-5-2)19-12-6-14-21-3/h7-10H,4-6,11-14H2,1-3H3,(H2,18,19,20). The zero-order chi connectivity index (χ0) is 15.3. The van der Waals surface area contributed by atoms with E-state index in [-0.39, 0.29) is 0 Å². The number of guanidine groups is 1. The predicted octanol–water partition coefficient (Wildman–Crippen LogP) is 2.38. The van der Waals surface area contributed by atoms with Gasteiger partial charge in [-0.05, 0) is 37.3 Å². The molecule has 0 saturated carbocycles. The van der Waals surface area contributed by atoms with Crippen LogP contribution in [0.4, 0.5) is 0 Å². The fourth-order valence-corrected chi connectivity index (χ4v) is 2.01. The van der Waals surface area contributed by atoms with Gasteiger partial charge in [0.05, 0.1) is 0 Å². The van der Waals surface area contributed by atoms with Gasteiger partial charge >= 0.3 is 0 Å². The van der Waals surface area contributed by atoms with E-state index in [9.17, 15) is 0 Å². The highest BCUT2D eigenvalue weighted by atomic mass is 16.5. The van der Waals surface area contributed by atoms with Crippen LogP contribution in [-0.2, 0) is 17.6 Å². The van der Waals surface area contributed by atoms with Crippen molar-refractivity contribution in [3.8, 4) is 0 Å². The quantitative estimate of drug-likeness (QED) is 0.417. The summed E-state index contributed by atoms with van der Waals surface area (Å²) in [5, 5.41) is 6.63. The molecular weight excluding hydrogens is 262 g/mol. The van der Waals surface area contributed by atoms with E-state index in [1.54, 1.807) is 7.11 Å². The second kappa shape index (κ2) is 11.1. The number of benzene rings is 1. The molecule has 0 unspecified atom stereocenters. The van der Waals surface area contributed by atoms with Crippen LogP contribution in [-0.4, -0.2) is 39.3 Å². The fourth-order valence-electron chi connectivity index (χ4n) is 2.01. The number of hydrogen-bond acceptors (Lipinski definition) is 2. The summed E-state index contributed by atoms with van der Waals surface area (Å²) in [5.41, 5.74) is 2.75. The first-order valence-electron chi connectivity index (χ1n) is 7.89. The van der Waals surface area contributed by atoms with Crippen LogP contribution in [0.15, 0.2) is 29.3 Å². The van der Waals surface area contributed by atoms with Crippen molar-refractivity contribution in [3.05, 3.63) is 35.4 Å². The summed E-state index contributed by atoms with van der Waals surface area (Å²) in [6.45, 7) is 7.57. The molecule has 0 fully saturated rings. The SMILES string of the molecule is CCNC(=NCCCOC)NCCc1ccc(CC)cc1. The van der Waals surface area contributed by atoms with Crippen LogP contribution in [0.3, 0.4) is 0 Å². The molecule has 0 saturated heterocycles. The van der Waals surface area contributed by atoms with Crippen molar-refractivity contribution in [2.75, 3.05) is 33.4 Å². The highest BCUT2D eigenvalue weighted by Crippen LogP contribution is 2.05. The number of nitrogens with one attached hydrogen (secondary N) is 2. The van der Waals surface area contributed by atoms with E-state index < -0.39 is 0 Å². The summed E-state index contributed by atoms with van der Waals surface area (Å²) in [6.07, 6.45) is 3.05. The molecule has 0 heterocycles. The third kappa shape index (κ3) is 7.71. The van der Waals surface area contributed by atoms with E-state index in [0.29, 0.717) is 0 Å². The molecule has 0 aliphatic carbocycles. The van der Waals surface area contributed by atoms with Crippen LogP contribution in [0.1, 0.15) is 31.4 Å². The Morgan fingerprint density at radius 2 is 1.81 bits per heavy atom. The summed E-state index contributed by atoms with van der Waals surface area (Å²) in [4.78, 5) is 4.52. The summed E-state index contributed by atoms with van der Waals surface area (Å²) in [6, 6.07) is 8.84. The van der Waals surface area contributed by atoms with Crippen LogP contribution < -0.4 is 10.6 Å². The Balaban J connectivity index is 2.34. The molecule has 4 nitrogen and oxygen atoms in total. The van der Waals surface area contributed by atoms with Gasteiger partial charge in [-0.2, -0.15) is 0 Å². The summed E-state index contributed by atoms with van der Waals surface area (Å²) in [5.74, 6) is 0.888. The van der Waals surface area contributed by atoms with Gasteiger partial charge in [-0.25, -0.2) is 0 Å². The topological polar surface area (TPSA) is 45.7 Å². The molecule has 0 bridgehead atoms. The van der Waals surface area contributed by atoms with Gasteiger partial charge in [0, 0.05) is 33.4 Å². The van der Waals surface area contributed by atoms with E-state index in [1.165, 1.54) is 11.1 Å². The Morgan fingerprint density at radius 1 is 1.10 bits per heavy atom. The zero-order valence-electron chi connectivity index (χ0n) is 13.6. The van der Waals surface area contributed by atoms with Crippen molar-refractivity contribution in [2.45, 2.75) is 33.1 Å². The maximum absolute atomic E-state index is 5.03. The molecule has 0 spiro atoms. The van der Waals surface area contributed by atoms with E-state index in [4.69, 9.17) is 4.74 Å². The summed E-state index contributed by atoms with van der Waals surface area (Å²) < 4.78 is 5.03. The van der Waals surface area contributed by atoms with Gasteiger partial charge in [0.1, 0.15) is 0 Å². The Bertz CT molecular complexity index is 401. The molecule has 0 aliphatic rings. The van der Waals surface area contributed by atoms with Gasteiger partial charge in [0.15, 0.2) is 5.96 Å². The first kappa shape index (κ1) is 17.5. The van der Waals surface area contributed by atoms with Gasteiger partial charge < -0.3 is 15.4 Å². The molecule has 0 radical (unpaired) electrons. The maximum atomic E-state index is 5.03. The zero-order valence-corrected chi connectivity index (χ0v) is 13.6. The minimum absolute atomic E-state index is 0.757. The monoisotopic (exact) mass is 291 g/mol. The van der Waals surface area contributed by atoms with E-state index in [1.807, 2.05) is 0 Å². The number of hydrogen-bond donors (Lipinski definition) is 2. The number of methoxy groups -OCH3 is 1. The van der Waals surface area contributed by atoms with Crippen LogP contribution in [0.5, 0.6) is 0 Å². The Kier molecular flexibility index (Phi) is 9.29. The van der Waals surface area contributed by atoms with E-state index >= 15 is 0 Å². The number of aryl methyl sites for hydroxylation is 1. The summed E-state index contributed by atoms with van der Waals surface area (Å²) in [7, 11) is 1.72. The average Bonchev–Trinajstić information content (AvgIpc) is 2.52. The molecule has 2 N–H and O–H groups in total. The second-order valence-corrected chi connectivity index (χ2v) is 4.95. The Labute approximate surface area is 129 Å². The number of rotatable bonds is 9. The van der Waals surface area contributed by atoms with Crippen molar-refractivity contribution in [3.63, 3.8) is 0 Å². The van der Waals surface area contributed by atoms with Crippen LogP contribution in [0.2, 0.25) is 0 Å². The average molecular weight is 291 g/mol. The van der Waals surface area contributed by atoms with Crippen molar-refractivity contribution in [2.24, 2.45) is 4.99 Å². The van der Waals surface area contributed by atoms with Crippen molar-refractivity contribution in [1.29, 1.82) is 0 Å². The van der Waals surface area contributed by atoms with Gasteiger partial charge in [-0.1, -0.05) is 31.2 Å². The van der Waals surface area contributed by atoms with Crippen LogP contribution >= 0.6 is 0 Å². The third-order valence-corrected chi connectivity index (χ3v) is 3.26. The number of nitrogens with zero attached hydrogens (tertiary/aromatic N) is 1. The Morgan fingerprint density at radius 3 is 2.43 bits per heavy atom. The maximum Gasteiger partial charge on any atom is 0.191 e. The first-order valence-corrected chi connectivity index (χ1v) is 7.89. The van der Waals surface area contributed by atoms with Gasteiger partial charge in [-0.15, -0.1) is 0 Å². The Hall–Kier alpha value is -1.55. The molecule has 1 rings (SSSR count).